The Morgan fingerprint density at radius 1 is 1.50 bits per heavy atom. The van der Waals surface area contributed by atoms with Crippen molar-refractivity contribution in [3.05, 3.63) is 33.7 Å². The minimum Gasteiger partial charge on any atom is -0.333 e. The summed E-state index contributed by atoms with van der Waals surface area (Å²) in [5.41, 5.74) is 3.60. The lowest BCUT2D eigenvalue weighted by molar-refractivity contribution is 0.510. The fourth-order valence-electron chi connectivity index (χ4n) is 1.40. The Balaban J connectivity index is 3.07. The molecule has 1 heterocycles. The second-order valence-electron chi connectivity index (χ2n) is 4.08. The number of hydrogen-bond donors (Lipinski definition) is 0. The van der Waals surface area contributed by atoms with E-state index in [4.69, 9.17) is 0 Å². The third kappa shape index (κ3) is 3.08. The van der Waals surface area contributed by atoms with Crippen molar-refractivity contribution in [2.45, 2.75) is 34.1 Å². The Bertz CT molecular complexity index is 400. The summed E-state index contributed by atoms with van der Waals surface area (Å²) < 4.78 is 1.13. The van der Waals surface area contributed by atoms with Crippen molar-refractivity contribution >= 4 is 21.6 Å². The van der Waals surface area contributed by atoms with Crippen molar-refractivity contribution in [2.75, 3.05) is 7.05 Å². The molecule has 0 aliphatic carbocycles. The SMILES string of the molecule is CCC(C)=C(Br)/C=C1/N=C(C)C=C(C)N1C. The van der Waals surface area contributed by atoms with E-state index >= 15 is 0 Å². The zero-order valence-electron chi connectivity index (χ0n) is 10.6. The summed E-state index contributed by atoms with van der Waals surface area (Å²) in [5.74, 6) is 0.983. The fraction of sp³-hybridized carbons (Fsp3) is 0.462. The first kappa shape index (κ1) is 13.2. The quantitative estimate of drug-likeness (QED) is 0.741. The molecular weight excluding hydrogens is 264 g/mol. The zero-order valence-corrected chi connectivity index (χ0v) is 12.2. The van der Waals surface area contributed by atoms with E-state index < -0.39 is 0 Å². The Kier molecular flexibility index (Phi) is 4.54. The number of nitrogens with zero attached hydrogens (tertiary/aromatic N) is 2. The Morgan fingerprint density at radius 2 is 2.12 bits per heavy atom. The van der Waals surface area contributed by atoms with Gasteiger partial charge in [-0.1, -0.05) is 28.4 Å². The predicted octanol–water partition coefficient (Wildman–Crippen LogP) is 4.22. The molecule has 0 spiro atoms. The molecule has 0 fully saturated rings. The van der Waals surface area contributed by atoms with Gasteiger partial charge in [0, 0.05) is 22.9 Å². The Hall–Kier alpha value is -0.830. The number of halogens is 1. The topological polar surface area (TPSA) is 15.6 Å². The van der Waals surface area contributed by atoms with Crippen LogP contribution in [0, 0.1) is 0 Å². The van der Waals surface area contributed by atoms with E-state index in [9.17, 15) is 0 Å². The number of rotatable bonds is 2. The first-order valence-corrected chi connectivity index (χ1v) is 6.29. The molecule has 16 heavy (non-hydrogen) atoms. The van der Waals surface area contributed by atoms with Gasteiger partial charge in [-0.15, -0.1) is 0 Å². The molecule has 1 rings (SSSR count). The molecule has 2 nitrogen and oxygen atoms in total. The van der Waals surface area contributed by atoms with Gasteiger partial charge in [0.1, 0.15) is 5.82 Å². The van der Waals surface area contributed by atoms with E-state index in [1.54, 1.807) is 0 Å². The summed E-state index contributed by atoms with van der Waals surface area (Å²) in [6, 6.07) is 0. The summed E-state index contributed by atoms with van der Waals surface area (Å²) in [4.78, 5) is 6.63. The molecule has 0 radical (unpaired) electrons. The largest absolute Gasteiger partial charge is 0.333 e. The molecule has 0 bridgehead atoms. The second kappa shape index (κ2) is 5.48. The highest BCUT2D eigenvalue weighted by molar-refractivity contribution is 9.11. The minimum absolute atomic E-state index is 0.983. The van der Waals surface area contributed by atoms with Gasteiger partial charge in [0.15, 0.2) is 0 Å². The predicted molar refractivity (Wildman–Crippen MR) is 74.6 cm³/mol. The van der Waals surface area contributed by atoms with Crippen molar-refractivity contribution in [3.63, 3.8) is 0 Å². The van der Waals surface area contributed by atoms with Crippen molar-refractivity contribution in [1.82, 2.24) is 4.90 Å². The second-order valence-corrected chi connectivity index (χ2v) is 4.94. The summed E-state index contributed by atoms with van der Waals surface area (Å²) in [6.45, 7) is 8.40. The molecule has 1 aliphatic heterocycles. The van der Waals surface area contributed by atoms with Crippen LogP contribution in [0.5, 0.6) is 0 Å². The maximum atomic E-state index is 4.53. The van der Waals surface area contributed by atoms with Gasteiger partial charge < -0.3 is 4.90 Å². The molecule has 3 heteroatoms. The van der Waals surface area contributed by atoms with E-state index in [0.29, 0.717) is 0 Å². The lowest BCUT2D eigenvalue weighted by atomic mass is 10.2. The van der Waals surface area contributed by atoms with Crippen LogP contribution in [-0.4, -0.2) is 17.7 Å². The summed E-state index contributed by atoms with van der Waals surface area (Å²) >= 11 is 3.59. The number of hydrogen-bond acceptors (Lipinski definition) is 2. The maximum absolute atomic E-state index is 4.53. The molecule has 88 valence electrons. The monoisotopic (exact) mass is 282 g/mol. The Labute approximate surface area is 107 Å². The van der Waals surface area contributed by atoms with E-state index in [1.807, 2.05) is 14.0 Å². The zero-order chi connectivity index (χ0) is 12.3. The molecule has 0 N–H and O–H groups in total. The van der Waals surface area contributed by atoms with Crippen LogP contribution < -0.4 is 0 Å². The molecule has 0 aromatic heterocycles. The minimum atomic E-state index is 0.983. The fourth-order valence-corrected chi connectivity index (χ4v) is 1.89. The van der Waals surface area contributed by atoms with Gasteiger partial charge in [0.05, 0.1) is 0 Å². The molecule has 0 saturated carbocycles. The van der Waals surface area contributed by atoms with Crippen LogP contribution in [-0.2, 0) is 0 Å². The lowest BCUT2D eigenvalue weighted by Gasteiger charge is -2.24. The van der Waals surface area contributed by atoms with Gasteiger partial charge in [-0.2, -0.15) is 0 Å². The average molecular weight is 283 g/mol. The van der Waals surface area contributed by atoms with E-state index in [1.165, 1.54) is 11.3 Å². The van der Waals surface area contributed by atoms with Gasteiger partial charge in [-0.3, -0.25) is 0 Å². The molecule has 0 unspecified atom stereocenters. The molecule has 0 aromatic rings. The molecule has 0 saturated heterocycles. The van der Waals surface area contributed by atoms with Crippen LogP contribution in [0.15, 0.2) is 38.7 Å². The van der Waals surface area contributed by atoms with Crippen LogP contribution in [0.1, 0.15) is 34.1 Å². The summed E-state index contributed by atoms with van der Waals surface area (Å²) in [6.07, 6.45) is 5.21. The van der Waals surface area contributed by atoms with Crippen molar-refractivity contribution in [1.29, 1.82) is 0 Å². The standard InChI is InChI=1S/C13H19BrN2/c1-6-9(2)12(14)8-13-15-10(3)7-11(4)16(13)5/h7-8H,6H2,1-5H3/b12-9?,13-8-. The first-order chi connectivity index (χ1) is 7.45. The van der Waals surface area contributed by atoms with Crippen molar-refractivity contribution in [2.24, 2.45) is 4.99 Å². The summed E-state index contributed by atoms with van der Waals surface area (Å²) in [7, 11) is 2.04. The highest BCUT2D eigenvalue weighted by atomic mass is 79.9. The van der Waals surface area contributed by atoms with Gasteiger partial charge in [-0.25, -0.2) is 4.99 Å². The summed E-state index contributed by atoms with van der Waals surface area (Å²) in [5, 5.41) is 0. The number of allylic oxidation sites excluding steroid dienone is 5. The normalized spacial score (nSPS) is 20.6. The van der Waals surface area contributed by atoms with Gasteiger partial charge >= 0.3 is 0 Å². The van der Waals surface area contributed by atoms with Crippen molar-refractivity contribution < 1.29 is 0 Å². The van der Waals surface area contributed by atoms with Crippen LogP contribution in [0.2, 0.25) is 0 Å². The molecule has 0 amide bonds. The first-order valence-electron chi connectivity index (χ1n) is 5.50. The molecule has 1 aliphatic rings. The highest BCUT2D eigenvalue weighted by Gasteiger charge is 2.11. The molecular formula is C13H19BrN2. The van der Waals surface area contributed by atoms with E-state index in [0.717, 1.165) is 22.4 Å². The van der Waals surface area contributed by atoms with Crippen LogP contribution in [0.3, 0.4) is 0 Å². The molecule has 0 atom stereocenters. The van der Waals surface area contributed by atoms with Crippen LogP contribution in [0.4, 0.5) is 0 Å². The average Bonchev–Trinajstić information content (AvgIpc) is 2.23. The third-order valence-corrected chi connectivity index (χ3v) is 3.68. The van der Waals surface area contributed by atoms with E-state index in [-0.39, 0.29) is 0 Å². The van der Waals surface area contributed by atoms with Crippen LogP contribution >= 0.6 is 15.9 Å². The van der Waals surface area contributed by atoms with Crippen molar-refractivity contribution in [3.8, 4) is 0 Å². The van der Waals surface area contributed by atoms with E-state index in [2.05, 4.69) is 58.7 Å². The maximum Gasteiger partial charge on any atom is 0.133 e. The lowest BCUT2D eigenvalue weighted by Crippen LogP contribution is -2.19. The third-order valence-electron chi connectivity index (χ3n) is 2.78. The van der Waals surface area contributed by atoms with Gasteiger partial charge in [0.25, 0.3) is 0 Å². The van der Waals surface area contributed by atoms with Gasteiger partial charge in [0.2, 0.25) is 0 Å². The molecule has 0 aromatic carbocycles. The smallest absolute Gasteiger partial charge is 0.133 e. The van der Waals surface area contributed by atoms with Crippen LogP contribution in [0.25, 0.3) is 0 Å². The van der Waals surface area contributed by atoms with Gasteiger partial charge in [-0.05, 0) is 39.3 Å². The Morgan fingerprint density at radius 3 is 2.69 bits per heavy atom. The number of aliphatic imine (C=N–C) groups is 1. The highest BCUT2D eigenvalue weighted by Crippen LogP contribution is 2.23.